The van der Waals surface area contributed by atoms with Gasteiger partial charge in [0.25, 0.3) is 0 Å². The zero-order valence-electron chi connectivity index (χ0n) is 15.1. The van der Waals surface area contributed by atoms with E-state index in [0.717, 1.165) is 6.26 Å². The summed E-state index contributed by atoms with van der Waals surface area (Å²) in [6.45, 7) is 0.660. The summed E-state index contributed by atoms with van der Waals surface area (Å²) in [6.07, 6.45) is 1.28. The van der Waals surface area contributed by atoms with Crippen molar-refractivity contribution < 1.29 is 22.3 Å². The maximum absolute atomic E-state index is 13.0. The number of nitrogens with zero attached hydrogens (tertiary/aromatic N) is 1. The third-order valence-corrected chi connectivity index (χ3v) is 5.02. The molecule has 0 atom stereocenters. The van der Waals surface area contributed by atoms with Gasteiger partial charge in [0, 0.05) is 19.6 Å². The Morgan fingerprint density at radius 3 is 2.41 bits per heavy atom. The van der Waals surface area contributed by atoms with Gasteiger partial charge in [0.2, 0.25) is 15.9 Å². The van der Waals surface area contributed by atoms with Crippen LogP contribution in [0.25, 0.3) is 0 Å². The topological polar surface area (TPSA) is 75.7 Å². The Morgan fingerprint density at radius 1 is 1.11 bits per heavy atom. The van der Waals surface area contributed by atoms with Gasteiger partial charge in [-0.1, -0.05) is 30.3 Å². The molecule has 0 bridgehead atoms. The number of para-hydroxylation sites is 1. The van der Waals surface area contributed by atoms with E-state index < -0.39 is 10.0 Å². The first-order valence-corrected chi connectivity index (χ1v) is 10.3. The lowest BCUT2D eigenvalue weighted by atomic mass is 10.2. The summed E-state index contributed by atoms with van der Waals surface area (Å²) in [5.74, 6) is 0.0867. The maximum Gasteiger partial charge on any atom is 0.223 e. The van der Waals surface area contributed by atoms with Gasteiger partial charge in [0.15, 0.2) is 0 Å². The molecule has 0 aliphatic heterocycles. The Labute approximate surface area is 159 Å². The Kier molecular flexibility index (Phi) is 7.75. The van der Waals surface area contributed by atoms with Crippen LogP contribution in [0.3, 0.4) is 0 Å². The summed E-state index contributed by atoms with van der Waals surface area (Å²) in [5, 5.41) is 2.68. The first-order valence-electron chi connectivity index (χ1n) is 8.49. The minimum atomic E-state index is -3.46. The highest BCUT2D eigenvalue weighted by atomic mass is 32.2. The zero-order valence-corrected chi connectivity index (χ0v) is 15.9. The highest BCUT2D eigenvalue weighted by Crippen LogP contribution is 2.10. The van der Waals surface area contributed by atoms with Crippen LogP contribution in [-0.2, 0) is 21.4 Å². The Bertz CT molecular complexity index is 827. The summed E-state index contributed by atoms with van der Waals surface area (Å²) >= 11 is 0. The van der Waals surface area contributed by atoms with E-state index in [0.29, 0.717) is 11.3 Å². The predicted molar refractivity (Wildman–Crippen MR) is 101 cm³/mol. The number of ether oxygens (including phenoxy) is 1. The van der Waals surface area contributed by atoms with Gasteiger partial charge in [-0.05, 0) is 29.8 Å². The van der Waals surface area contributed by atoms with Crippen LogP contribution in [0, 0.1) is 5.82 Å². The molecule has 2 aromatic carbocycles. The standard InChI is InChI=1S/C19H23FN2O4S/c1-27(24,25)22(15-16-7-9-17(20)10-8-16)13-12-21-19(23)11-14-26-18-5-3-2-4-6-18/h2-10H,11-15H2,1H3,(H,21,23). The quantitative estimate of drug-likeness (QED) is 0.670. The number of sulfonamides is 1. The minimum absolute atomic E-state index is 0.117. The van der Waals surface area contributed by atoms with E-state index in [-0.39, 0.29) is 44.4 Å². The summed E-state index contributed by atoms with van der Waals surface area (Å²) in [4.78, 5) is 11.9. The van der Waals surface area contributed by atoms with E-state index in [1.807, 2.05) is 18.2 Å². The van der Waals surface area contributed by atoms with Gasteiger partial charge < -0.3 is 10.1 Å². The normalized spacial score (nSPS) is 11.4. The van der Waals surface area contributed by atoms with Crippen molar-refractivity contribution in [3.63, 3.8) is 0 Å². The summed E-state index contributed by atoms with van der Waals surface area (Å²) in [7, 11) is -3.46. The van der Waals surface area contributed by atoms with Crippen LogP contribution in [0.2, 0.25) is 0 Å². The number of hydrogen-bond donors (Lipinski definition) is 1. The van der Waals surface area contributed by atoms with Crippen molar-refractivity contribution in [2.75, 3.05) is 26.0 Å². The number of rotatable bonds is 10. The molecule has 0 aromatic heterocycles. The molecule has 0 radical (unpaired) electrons. The Hall–Kier alpha value is -2.45. The van der Waals surface area contributed by atoms with Gasteiger partial charge in [0.1, 0.15) is 11.6 Å². The number of benzene rings is 2. The molecule has 1 N–H and O–H groups in total. The zero-order chi connectivity index (χ0) is 19.7. The van der Waals surface area contributed by atoms with Gasteiger partial charge >= 0.3 is 0 Å². The van der Waals surface area contributed by atoms with Gasteiger partial charge in [-0.3, -0.25) is 4.79 Å². The lowest BCUT2D eigenvalue weighted by molar-refractivity contribution is -0.121. The van der Waals surface area contributed by atoms with Crippen LogP contribution >= 0.6 is 0 Å². The molecule has 0 aliphatic rings. The van der Waals surface area contributed by atoms with Crippen LogP contribution in [0.4, 0.5) is 4.39 Å². The number of hydrogen-bond acceptors (Lipinski definition) is 4. The van der Waals surface area contributed by atoms with Crippen LogP contribution in [-0.4, -0.2) is 44.6 Å². The highest BCUT2D eigenvalue weighted by molar-refractivity contribution is 7.88. The molecule has 0 saturated carbocycles. The van der Waals surface area contributed by atoms with E-state index in [1.54, 1.807) is 12.1 Å². The second-order valence-corrected chi connectivity index (χ2v) is 7.97. The fourth-order valence-corrected chi connectivity index (χ4v) is 3.15. The van der Waals surface area contributed by atoms with Crippen LogP contribution in [0.1, 0.15) is 12.0 Å². The van der Waals surface area contributed by atoms with Crippen LogP contribution < -0.4 is 10.1 Å². The van der Waals surface area contributed by atoms with Crippen molar-refractivity contribution in [3.8, 4) is 5.75 Å². The van der Waals surface area contributed by atoms with E-state index in [2.05, 4.69) is 5.32 Å². The number of nitrogens with one attached hydrogen (secondary N) is 1. The van der Waals surface area contributed by atoms with Crippen LogP contribution in [0.5, 0.6) is 5.75 Å². The summed E-state index contributed by atoms with van der Waals surface area (Å²) in [5.41, 5.74) is 0.671. The third-order valence-electron chi connectivity index (χ3n) is 3.77. The van der Waals surface area contributed by atoms with Gasteiger partial charge in [-0.2, -0.15) is 4.31 Å². The molecule has 0 saturated heterocycles. The number of carbonyl (C=O) groups excluding carboxylic acids is 1. The molecule has 0 unspecified atom stereocenters. The summed E-state index contributed by atoms with van der Waals surface area (Å²) in [6, 6.07) is 14.8. The number of amides is 1. The van der Waals surface area contributed by atoms with Gasteiger partial charge in [0.05, 0.1) is 19.3 Å². The smallest absolute Gasteiger partial charge is 0.223 e. The van der Waals surface area contributed by atoms with Crippen molar-refractivity contribution in [1.82, 2.24) is 9.62 Å². The van der Waals surface area contributed by atoms with E-state index >= 15 is 0 Å². The SMILES string of the molecule is CS(=O)(=O)N(CCNC(=O)CCOc1ccccc1)Cc1ccc(F)cc1. The van der Waals surface area contributed by atoms with Crippen molar-refractivity contribution in [2.24, 2.45) is 0 Å². The highest BCUT2D eigenvalue weighted by Gasteiger charge is 2.17. The van der Waals surface area contributed by atoms with E-state index in [4.69, 9.17) is 4.74 Å². The van der Waals surface area contributed by atoms with Crippen molar-refractivity contribution in [2.45, 2.75) is 13.0 Å². The summed E-state index contributed by atoms with van der Waals surface area (Å²) < 4.78 is 43.5. The molecule has 146 valence electrons. The fourth-order valence-electron chi connectivity index (χ4n) is 2.34. The second kappa shape index (κ2) is 10.0. The van der Waals surface area contributed by atoms with Crippen LogP contribution in [0.15, 0.2) is 54.6 Å². The molecule has 1 amide bonds. The van der Waals surface area contributed by atoms with Crippen molar-refractivity contribution in [1.29, 1.82) is 0 Å². The van der Waals surface area contributed by atoms with Gasteiger partial charge in [-0.25, -0.2) is 12.8 Å². The average Bonchev–Trinajstić information content (AvgIpc) is 2.62. The molecule has 0 heterocycles. The minimum Gasteiger partial charge on any atom is -0.493 e. The largest absolute Gasteiger partial charge is 0.493 e. The second-order valence-electron chi connectivity index (χ2n) is 5.98. The molecule has 8 heteroatoms. The average molecular weight is 394 g/mol. The van der Waals surface area contributed by atoms with E-state index in [9.17, 15) is 17.6 Å². The van der Waals surface area contributed by atoms with Crippen molar-refractivity contribution >= 4 is 15.9 Å². The number of carbonyl (C=O) groups is 1. The lowest BCUT2D eigenvalue weighted by Crippen LogP contribution is -2.38. The molecular formula is C19H23FN2O4S. The fraction of sp³-hybridized carbons (Fsp3) is 0.316. The third kappa shape index (κ3) is 7.76. The Morgan fingerprint density at radius 2 is 1.78 bits per heavy atom. The molecule has 0 spiro atoms. The maximum atomic E-state index is 13.0. The van der Waals surface area contributed by atoms with E-state index in [1.165, 1.54) is 28.6 Å². The molecular weight excluding hydrogens is 371 g/mol. The van der Waals surface area contributed by atoms with Gasteiger partial charge in [-0.15, -0.1) is 0 Å². The Balaban J connectivity index is 1.75. The lowest BCUT2D eigenvalue weighted by Gasteiger charge is -2.20. The first-order chi connectivity index (χ1) is 12.8. The van der Waals surface area contributed by atoms with Crippen molar-refractivity contribution in [3.05, 3.63) is 66.0 Å². The predicted octanol–water partition coefficient (Wildman–Crippen LogP) is 2.17. The molecule has 2 aromatic rings. The molecule has 27 heavy (non-hydrogen) atoms. The molecule has 2 rings (SSSR count). The molecule has 0 fully saturated rings. The first kappa shape index (κ1) is 20.9. The number of halogens is 1. The molecule has 0 aliphatic carbocycles. The molecule has 6 nitrogen and oxygen atoms in total. The monoisotopic (exact) mass is 394 g/mol.